The van der Waals surface area contributed by atoms with Gasteiger partial charge < -0.3 is 5.11 Å². The van der Waals surface area contributed by atoms with E-state index in [1.165, 1.54) is 11.3 Å². The van der Waals surface area contributed by atoms with Crippen LogP contribution in [0, 0.1) is 6.92 Å². The summed E-state index contributed by atoms with van der Waals surface area (Å²) in [5.41, 5.74) is 2.40. The molecule has 2 nitrogen and oxygen atoms in total. The highest BCUT2D eigenvalue weighted by Gasteiger charge is 2.10. The van der Waals surface area contributed by atoms with Crippen LogP contribution in [-0.2, 0) is 4.79 Å². The fraction of sp³-hybridized carbons (Fsp3) is 0.0714. The zero-order chi connectivity index (χ0) is 12.3. The van der Waals surface area contributed by atoms with Crippen LogP contribution in [0.1, 0.15) is 16.0 Å². The van der Waals surface area contributed by atoms with Crippen LogP contribution in [0.5, 0.6) is 0 Å². The summed E-state index contributed by atoms with van der Waals surface area (Å²) in [4.78, 5) is 12.0. The monoisotopic (exact) mass is 244 g/mol. The average Bonchev–Trinajstić information content (AvgIpc) is 2.81. The molecule has 0 amide bonds. The molecular weight excluding hydrogens is 232 g/mol. The number of aliphatic carboxylic acids is 1. The molecule has 3 heteroatoms. The number of carbonyl (C=O) groups is 1. The van der Waals surface area contributed by atoms with Gasteiger partial charge in [-0.1, -0.05) is 35.9 Å². The number of benzene rings is 1. The Morgan fingerprint density at radius 3 is 2.47 bits per heavy atom. The van der Waals surface area contributed by atoms with Crippen LogP contribution in [0.2, 0.25) is 0 Å². The lowest BCUT2D eigenvalue weighted by molar-refractivity contribution is -0.130. The highest BCUT2D eigenvalue weighted by molar-refractivity contribution is 7.11. The minimum atomic E-state index is -0.895. The highest BCUT2D eigenvalue weighted by Crippen LogP contribution is 2.23. The standard InChI is InChI=1S/C14H12O2S/c1-10-4-6-11(7-5-10)9-12(14(15)16)13-3-2-8-17-13/h2-9H,1H3,(H,15,16). The predicted octanol–water partition coefficient (Wildman–Crippen LogP) is 3.68. The molecule has 1 N–H and O–H groups in total. The van der Waals surface area contributed by atoms with E-state index in [1.807, 2.05) is 48.7 Å². The third-order valence-electron chi connectivity index (χ3n) is 2.41. The van der Waals surface area contributed by atoms with Crippen molar-refractivity contribution in [3.8, 4) is 0 Å². The first-order valence-electron chi connectivity index (χ1n) is 5.22. The second kappa shape index (κ2) is 4.97. The van der Waals surface area contributed by atoms with E-state index in [9.17, 15) is 9.90 Å². The molecule has 1 heterocycles. The van der Waals surface area contributed by atoms with Crippen LogP contribution in [0.25, 0.3) is 11.6 Å². The Morgan fingerprint density at radius 1 is 1.24 bits per heavy atom. The van der Waals surface area contributed by atoms with Crippen molar-refractivity contribution in [1.29, 1.82) is 0 Å². The molecule has 0 saturated heterocycles. The van der Waals surface area contributed by atoms with Gasteiger partial charge in [-0.15, -0.1) is 11.3 Å². The van der Waals surface area contributed by atoms with Crippen molar-refractivity contribution in [1.82, 2.24) is 0 Å². The van der Waals surface area contributed by atoms with Crippen LogP contribution >= 0.6 is 11.3 Å². The van der Waals surface area contributed by atoms with Gasteiger partial charge in [0.1, 0.15) is 0 Å². The molecule has 0 radical (unpaired) electrons. The Balaban J connectivity index is 2.40. The van der Waals surface area contributed by atoms with Gasteiger partial charge in [0.2, 0.25) is 0 Å². The van der Waals surface area contributed by atoms with E-state index in [2.05, 4.69) is 0 Å². The third kappa shape index (κ3) is 2.82. The lowest BCUT2D eigenvalue weighted by Crippen LogP contribution is -1.97. The van der Waals surface area contributed by atoms with Gasteiger partial charge in [-0.2, -0.15) is 0 Å². The highest BCUT2D eigenvalue weighted by atomic mass is 32.1. The Kier molecular flexibility index (Phi) is 3.40. The van der Waals surface area contributed by atoms with Gasteiger partial charge in [-0.05, 0) is 30.0 Å². The van der Waals surface area contributed by atoms with E-state index in [0.29, 0.717) is 5.57 Å². The lowest BCUT2D eigenvalue weighted by Gasteiger charge is -2.00. The van der Waals surface area contributed by atoms with Crippen LogP contribution in [-0.4, -0.2) is 11.1 Å². The summed E-state index contributed by atoms with van der Waals surface area (Å²) in [6.45, 7) is 2.00. The van der Waals surface area contributed by atoms with Crippen molar-refractivity contribution < 1.29 is 9.90 Å². The Hall–Kier alpha value is -1.87. The van der Waals surface area contributed by atoms with E-state index in [1.54, 1.807) is 6.08 Å². The lowest BCUT2D eigenvalue weighted by atomic mass is 10.1. The van der Waals surface area contributed by atoms with E-state index in [-0.39, 0.29) is 0 Å². The van der Waals surface area contributed by atoms with Crippen molar-refractivity contribution >= 4 is 29.0 Å². The quantitative estimate of drug-likeness (QED) is 0.836. The molecule has 0 aliphatic heterocycles. The van der Waals surface area contributed by atoms with Gasteiger partial charge >= 0.3 is 5.97 Å². The summed E-state index contributed by atoms with van der Waals surface area (Å²) < 4.78 is 0. The number of hydrogen-bond donors (Lipinski definition) is 1. The zero-order valence-electron chi connectivity index (χ0n) is 9.38. The fourth-order valence-corrected chi connectivity index (χ4v) is 2.23. The van der Waals surface area contributed by atoms with Crippen LogP contribution in [0.4, 0.5) is 0 Å². The maximum Gasteiger partial charge on any atom is 0.337 e. The van der Waals surface area contributed by atoms with Crippen molar-refractivity contribution in [3.63, 3.8) is 0 Å². The van der Waals surface area contributed by atoms with E-state index in [0.717, 1.165) is 16.0 Å². The van der Waals surface area contributed by atoms with Crippen LogP contribution in [0.3, 0.4) is 0 Å². The van der Waals surface area contributed by atoms with E-state index >= 15 is 0 Å². The number of hydrogen-bond acceptors (Lipinski definition) is 2. The number of carboxylic acids is 1. The van der Waals surface area contributed by atoms with Crippen molar-refractivity contribution in [2.45, 2.75) is 6.92 Å². The molecule has 0 atom stereocenters. The van der Waals surface area contributed by atoms with Crippen LogP contribution in [0.15, 0.2) is 41.8 Å². The molecule has 0 fully saturated rings. The summed E-state index contributed by atoms with van der Waals surface area (Å²) in [6, 6.07) is 11.5. The molecule has 0 bridgehead atoms. The second-order valence-corrected chi connectivity index (χ2v) is 4.70. The van der Waals surface area contributed by atoms with Gasteiger partial charge in [0.15, 0.2) is 0 Å². The summed E-state index contributed by atoms with van der Waals surface area (Å²) >= 11 is 1.43. The van der Waals surface area contributed by atoms with Gasteiger partial charge in [0, 0.05) is 4.88 Å². The molecule has 0 aliphatic rings. The van der Waals surface area contributed by atoms with Crippen molar-refractivity contribution in [2.75, 3.05) is 0 Å². The first-order chi connectivity index (χ1) is 8.16. The maximum absolute atomic E-state index is 11.2. The maximum atomic E-state index is 11.2. The molecule has 0 saturated carbocycles. The number of rotatable bonds is 3. The van der Waals surface area contributed by atoms with E-state index < -0.39 is 5.97 Å². The van der Waals surface area contributed by atoms with Gasteiger partial charge in [0.25, 0.3) is 0 Å². The summed E-state index contributed by atoms with van der Waals surface area (Å²) in [6.07, 6.45) is 1.70. The number of aryl methyl sites for hydroxylation is 1. The number of carboxylic acid groups (broad SMARTS) is 1. The van der Waals surface area contributed by atoms with Crippen molar-refractivity contribution in [2.24, 2.45) is 0 Å². The molecule has 1 aromatic carbocycles. The Morgan fingerprint density at radius 2 is 1.94 bits per heavy atom. The SMILES string of the molecule is Cc1ccc(C=C(C(=O)O)c2cccs2)cc1. The van der Waals surface area contributed by atoms with Gasteiger partial charge in [0.05, 0.1) is 5.57 Å². The smallest absolute Gasteiger partial charge is 0.337 e. The molecular formula is C14H12O2S. The number of thiophene rings is 1. The fourth-order valence-electron chi connectivity index (χ4n) is 1.50. The largest absolute Gasteiger partial charge is 0.478 e. The first kappa shape index (κ1) is 11.6. The topological polar surface area (TPSA) is 37.3 Å². The first-order valence-corrected chi connectivity index (χ1v) is 6.10. The third-order valence-corrected chi connectivity index (χ3v) is 3.31. The molecule has 0 spiro atoms. The summed E-state index contributed by atoms with van der Waals surface area (Å²) in [5.74, 6) is -0.895. The van der Waals surface area contributed by atoms with Crippen molar-refractivity contribution in [3.05, 3.63) is 57.8 Å². The minimum absolute atomic E-state index is 0.337. The molecule has 1 aromatic heterocycles. The summed E-state index contributed by atoms with van der Waals surface area (Å²) in [7, 11) is 0. The van der Waals surface area contributed by atoms with E-state index in [4.69, 9.17) is 0 Å². The average molecular weight is 244 g/mol. The second-order valence-electron chi connectivity index (χ2n) is 3.75. The molecule has 17 heavy (non-hydrogen) atoms. The Bertz CT molecular complexity index is 536. The molecule has 2 rings (SSSR count). The molecule has 86 valence electrons. The summed E-state index contributed by atoms with van der Waals surface area (Å²) in [5, 5.41) is 11.1. The van der Waals surface area contributed by atoms with Gasteiger partial charge in [-0.3, -0.25) is 0 Å². The predicted molar refractivity (Wildman–Crippen MR) is 71.0 cm³/mol. The Labute approximate surface area is 104 Å². The molecule has 0 aliphatic carbocycles. The molecule has 0 unspecified atom stereocenters. The van der Waals surface area contributed by atoms with Gasteiger partial charge in [-0.25, -0.2) is 4.79 Å². The zero-order valence-corrected chi connectivity index (χ0v) is 10.2. The minimum Gasteiger partial charge on any atom is -0.478 e. The molecule has 2 aromatic rings. The normalized spacial score (nSPS) is 11.5. The van der Waals surface area contributed by atoms with Crippen LogP contribution < -0.4 is 0 Å².